The molecule has 118 valence electrons. The van der Waals surface area contributed by atoms with E-state index >= 15 is 0 Å². The fourth-order valence-electron chi connectivity index (χ4n) is 1.89. The van der Waals surface area contributed by atoms with Crippen molar-refractivity contribution in [2.45, 2.75) is 4.90 Å². The van der Waals surface area contributed by atoms with Gasteiger partial charge in [0.25, 0.3) is 10.0 Å². The summed E-state index contributed by atoms with van der Waals surface area (Å²) >= 11 is 1.37. The molecule has 0 atom stereocenters. The zero-order valence-electron chi connectivity index (χ0n) is 12.0. The number of methoxy groups -OCH3 is 1. The first-order chi connectivity index (χ1) is 11.1. The molecule has 0 saturated heterocycles. The number of nitrogens with zero attached hydrogens (tertiary/aromatic N) is 3. The van der Waals surface area contributed by atoms with E-state index in [1.807, 2.05) is 0 Å². The number of thiazole rings is 1. The van der Waals surface area contributed by atoms with Crippen molar-refractivity contribution in [2.24, 2.45) is 0 Å². The smallest absolute Gasteiger partial charge is 0.266 e. The van der Waals surface area contributed by atoms with Gasteiger partial charge in [-0.05, 0) is 18.2 Å². The molecule has 0 aliphatic rings. The topological polar surface area (TPSA) is 94.1 Å². The Morgan fingerprint density at radius 2 is 2.04 bits per heavy atom. The Kier molecular flexibility index (Phi) is 4.22. The molecule has 0 fully saturated rings. The lowest BCUT2D eigenvalue weighted by atomic mass is 10.3. The van der Waals surface area contributed by atoms with Gasteiger partial charge >= 0.3 is 0 Å². The van der Waals surface area contributed by atoms with Crippen molar-refractivity contribution in [3.8, 4) is 16.5 Å². The number of sulfonamides is 1. The minimum absolute atomic E-state index is 0.0421. The zero-order valence-corrected chi connectivity index (χ0v) is 13.6. The summed E-state index contributed by atoms with van der Waals surface area (Å²) in [5.41, 5.74) is 1.66. The Labute approximate surface area is 137 Å². The molecule has 2 aromatic heterocycles. The molecule has 1 N–H and O–H groups in total. The minimum Gasteiger partial charge on any atom is -0.495 e. The molecule has 9 heteroatoms. The van der Waals surface area contributed by atoms with Crippen molar-refractivity contribution in [2.75, 3.05) is 11.8 Å². The Balaban J connectivity index is 1.94. The number of hydrogen-bond acceptors (Lipinski definition) is 7. The van der Waals surface area contributed by atoms with Crippen molar-refractivity contribution in [1.82, 2.24) is 15.0 Å². The molecular weight excluding hydrogens is 336 g/mol. The molecular formula is C14H12N4O3S2. The molecule has 3 aromatic rings. The van der Waals surface area contributed by atoms with Crippen molar-refractivity contribution < 1.29 is 13.2 Å². The zero-order chi connectivity index (χ0) is 16.3. The molecule has 23 heavy (non-hydrogen) atoms. The molecule has 1 aromatic carbocycles. The summed E-state index contributed by atoms with van der Waals surface area (Å²) in [5, 5.41) is 0. The Bertz CT molecular complexity index is 911. The highest BCUT2D eigenvalue weighted by atomic mass is 32.2. The van der Waals surface area contributed by atoms with Gasteiger partial charge in [0.1, 0.15) is 16.5 Å². The van der Waals surface area contributed by atoms with Gasteiger partial charge in [-0.25, -0.2) is 18.4 Å². The van der Waals surface area contributed by atoms with E-state index in [-0.39, 0.29) is 16.5 Å². The van der Waals surface area contributed by atoms with Crippen LogP contribution in [0, 0.1) is 0 Å². The molecule has 7 nitrogen and oxygen atoms in total. The second-order valence-electron chi connectivity index (χ2n) is 4.39. The quantitative estimate of drug-likeness (QED) is 0.761. The third-order valence-electron chi connectivity index (χ3n) is 2.91. The van der Waals surface area contributed by atoms with Crippen LogP contribution in [0.3, 0.4) is 0 Å². The molecule has 0 aliphatic heterocycles. The number of anilines is 1. The highest BCUT2D eigenvalue weighted by Gasteiger charge is 2.20. The lowest BCUT2D eigenvalue weighted by Crippen LogP contribution is -2.15. The Morgan fingerprint density at radius 3 is 2.78 bits per heavy atom. The molecule has 0 saturated carbocycles. The highest BCUT2D eigenvalue weighted by molar-refractivity contribution is 7.92. The van der Waals surface area contributed by atoms with Crippen LogP contribution in [0.25, 0.3) is 10.7 Å². The number of para-hydroxylation sites is 1. The van der Waals surface area contributed by atoms with Gasteiger partial charge in [0.2, 0.25) is 0 Å². The van der Waals surface area contributed by atoms with E-state index in [1.165, 1.54) is 36.8 Å². The van der Waals surface area contributed by atoms with Gasteiger partial charge in [-0.2, -0.15) is 0 Å². The molecule has 2 heterocycles. The first-order valence-corrected chi connectivity index (χ1v) is 8.84. The third kappa shape index (κ3) is 3.30. The molecule has 0 spiro atoms. The fourth-order valence-corrected chi connectivity index (χ4v) is 3.63. The molecule has 0 bridgehead atoms. The molecule has 0 amide bonds. The number of nitrogens with one attached hydrogen (secondary N) is 1. The van der Waals surface area contributed by atoms with Crippen LogP contribution in [-0.2, 0) is 10.0 Å². The maximum atomic E-state index is 12.5. The van der Waals surface area contributed by atoms with E-state index in [9.17, 15) is 8.42 Å². The van der Waals surface area contributed by atoms with Gasteiger partial charge in [0.05, 0.1) is 17.5 Å². The van der Waals surface area contributed by atoms with E-state index < -0.39 is 10.0 Å². The summed E-state index contributed by atoms with van der Waals surface area (Å²) in [7, 11) is -2.40. The van der Waals surface area contributed by atoms with Crippen LogP contribution >= 0.6 is 11.3 Å². The van der Waals surface area contributed by atoms with Crippen LogP contribution in [0.2, 0.25) is 0 Å². The lowest BCUT2D eigenvalue weighted by Gasteiger charge is -2.11. The largest absolute Gasteiger partial charge is 0.495 e. The summed E-state index contributed by atoms with van der Waals surface area (Å²) in [6, 6.07) is 7.85. The van der Waals surface area contributed by atoms with Gasteiger partial charge in [0, 0.05) is 12.4 Å². The van der Waals surface area contributed by atoms with Gasteiger partial charge < -0.3 is 4.74 Å². The third-order valence-corrected chi connectivity index (χ3v) is 5.07. The Hall–Kier alpha value is -2.52. The summed E-state index contributed by atoms with van der Waals surface area (Å²) in [4.78, 5) is 13.1. The summed E-state index contributed by atoms with van der Waals surface area (Å²) in [5.74, 6) is 0.846. The van der Waals surface area contributed by atoms with E-state index in [4.69, 9.17) is 4.74 Å². The first kappa shape index (κ1) is 15.4. The predicted molar refractivity (Wildman–Crippen MR) is 86.9 cm³/mol. The van der Waals surface area contributed by atoms with Crippen LogP contribution in [0.5, 0.6) is 5.75 Å². The summed E-state index contributed by atoms with van der Waals surface area (Å²) < 4.78 is 32.6. The van der Waals surface area contributed by atoms with Gasteiger partial charge in [0.15, 0.2) is 5.82 Å². The van der Waals surface area contributed by atoms with Crippen LogP contribution in [0.1, 0.15) is 0 Å². The average Bonchev–Trinajstić information content (AvgIpc) is 3.09. The first-order valence-electron chi connectivity index (χ1n) is 6.48. The number of rotatable bonds is 5. The standard InChI is InChI=1S/C14H12N4O3S2/c1-21-10-4-2-3-5-12(10)23(19,20)18-13-6-7-16-14(17-13)11-8-15-9-22-11/h2-9H,1H3,(H,16,17,18). The van der Waals surface area contributed by atoms with Crippen LogP contribution < -0.4 is 9.46 Å². The number of benzene rings is 1. The second-order valence-corrected chi connectivity index (χ2v) is 6.92. The average molecular weight is 348 g/mol. The van der Waals surface area contributed by atoms with Crippen LogP contribution in [-0.4, -0.2) is 30.5 Å². The van der Waals surface area contributed by atoms with E-state index in [0.29, 0.717) is 5.82 Å². The minimum atomic E-state index is -3.82. The maximum Gasteiger partial charge on any atom is 0.266 e. The number of aromatic nitrogens is 3. The second kappa shape index (κ2) is 6.31. The van der Waals surface area contributed by atoms with E-state index in [1.54, 1.807) is 29.9 Å². The number of hydrogen-bond donors (Lipinski definition) is 1. The van der Waals surface area contributed by atoms with Gasteiger partial charge in [-0.1, -0.05) is 12.1 Å². The monoisotopic (exact) mass is 348 g/mol. The number of ether oxygens (including phenoxy) is 1. The Morgan fingerprint density at radius 1 is 1.22 bits per heavy atom. The van der Waals surface area contributed by atoms with Crippen molar-refractivity contribution >= 4 is 27.2 Å². The lowest BCUT2D eigenvalue weighted by molar-refractivity contribution is 0.403. The van der Waals surface area contributed by atoms with Crippen molar-refractivity contribution in [3.63, 3.8) is 0 Å². The molecule has 0 unspecified atom stereocenters. The predicted octanol–water partition coefficient (Wildman–Crippen LogP) is 2.41. The van der Waals surface area contributed by atoms with Gasteiger partial charge in [-0.15, -0.1) is 11.3 Å². The summed E-state index contributed by atoms with van der Waals surface area (Å²) in [6.07, 6.45) is 3.11. The summed E-state index contributed by atoms with van der Waals surface area (Å²) in [6.45, 7) is 0. The highest BCUT2D eigenvalue weighted by Crippen LogP contribution is 2.25. The van der Waals surface area contributed by atoms with E-state index in [0.717, 1.165) is 4.88 Å². The maximum absolute atomic E-state index is 12.5. The SMILES string of the molecule is COc1ccccc1S(=O)(=O)Nc1ccnc(-c2cncs2)n1. The van der Waals surface area contributed by atoms with E-state index in [2.05, 4.69) is 19.7 Å². The van der Waals surface area contributed by atoms with Crippen molar-refractivity contribution in [1.29, 1.82) is 0 Å². The fraction of sp³-hybridized carbons (Fsp3) is 0.0714. The van der Waals surface area contributed by atoms with Crippen LogP contribution in [0.4, 0.5) is 5.82 Å². The normalized spacial score (nSPS) is 11.2. The van der Waals surface area contributed by atoms with Crippen molar-refractivity contribution in [3.05, 3.63) is 48.2 Å². The van der Waals surface area contributed by atoms with Crippen LogP contribution in [0.15, 0.2) is 53.1 Å². The molecule has 3 rings (SSSR count). The molecule has 0 radical (unpaired) electrons. The van der Waals surface area contributed by atoms with Gasteiger partial charge in [-0.3, -0.25) is 9.71 Å². The molecule has 0 aliphatic carbocycles.